The van der Waals surface area contributed by atoms with Crippen molar-refractivity contribution in [2.45, 2.75) is 18.2 Å². The van der Waals surface area contributed by atoms with Crippen LogP contribution in [-0.4, -0.2) is 52.1 Å². The van der Waals surface area contributed by atoms with E-state index >= 15 is 0 Å². The van der Waals surface area contributed by atoms with Crippen LogP contribution in [0, 0.1) is 5.92 Å². The van der Waals surface area contributed by atoms with Gasteiger partial charge in [0.1, 0.15) is 4.90 Å². The SMILES string of the molecule is CCN(CC1CCOC1)S(=O)(=O)c1ccc(C(=O)OC)cc1Cl. The highest BCUT2D eigenvalue weighted by molar-refractivity contribution is 7.89. The lowest BCUT2D eigenvalue weighted by atomic mass is 10.1. The maximum absolute atomic E-state index is 12.8. The summed E-state index contributed by atoms with van der Waals surface area (Å²) in [6, 6.07) is 4.06. The van der Waals surface area contributed by atoms with Crippen molar-refractivity contribution in [1.29, 1.82) is 0 Å². The number of ether oxygens (including phenoxy) is 2. The molecule has 2 rings (SSSR count). The number of hydrogen-bond acceptors (Lipinski definition) is 5. The summed E-state index contributed by atoms with van der Waals surface area (Å²) < 4.78 is 36.9. The molecule has 1 aliphatic rings. The van der Waals surface area contributed by atoms with E-state index in [1.165, 1.54) is 29.6 Å². The number of methoxy groups -OCH3 is 1. The van der Waals surface area contributed by atoms with Gasteiger partial charge in [-0.15, -0.1) is 0 Å². The molecule has 0 spiro atoms. The number of carbonyl (C=O) groups is 1. The average Bonchev–Trinajstić information content (AvgIpc) is 3.04. The zero-order chi connectivity index (χ0) is 17.0. The smallest absolute Gasteiger partial charge is 0.337 e. The van der Waals surface area contributed by atoms with Crippen LogP contribution in [0.15, 0.2) is 23.1 Å². The molecule has 1 aromatic carbocycles. The van der Waals surface area contributed by atoms with E-state index in [4.69, 9.17) is 16.3 Å². The van der Waals surface area contributed by atoms with Crippen molar-refractivity contribution < 1.29 is 22.7 Å². The Morgan fingerprint density at radius 3 is 2.74 bits per heavy atom. The van der Waals surface area contributed by atoms with Gasteiger partial charge >= 0.3 is 5.97 Å². The van der Waals surface area contributed by atoms with E-state index in [0.29, 0.717) is 26.3 Å². The van der Waals surface area contributed by atoms with Crippen LogP contribution < -0.4 is 0 Å². The zero-order valence-electron chi connectivity index (χ0n) is 13.1. The average molecular weight is 362 g/mol. The Kier molecular flexibility index (Phi) is 6.02. The minimum atomic E-state index is -3.72. The number of hydrogen-bond donors (Lipinski definition) is 0. The normalized spacial score (nSPS) is 18.3. The van der Waals surface area contributed by atoms with Gasteiger partial charge in [-0.05, 0) is 30.5 Å². The highest BCUT2D eigenvalue weighted by atomic mass is 35.5. The van der Waals surface area contributed by atoms with E-state index in [1.807, 2.05) is 0 Å². The van der Waals surface area contributed by atoms with Crippen molar-refractivity contribution in [3.63, 3.8) is 0 Å². The van der Waals surface area contributed by atoms with E-state index in [0.717, 1.165) is 6.42 Å². The first-order chi connectivity index (χ1) is 10.9. The van der Waals surface area contributed by atoms with Crippen molar-refractivity contribution >= 4 is 27.6 Å². The molecule has 23 heavy (non-hydrogen) atoms. The summed E-state index contributed by atoms with van der Waals surface area (Å²) >= 11 is 6.09. The number of esters is 1. The number of carbonyl (C=O) groups excluding carboxylic acids is 1. The molecule has 1 aromatic rings. The van der Waals surface area contributed by atoms with Gasteiger partial charge in [0.2, 0.25) is 10.0 Å². The Balaban J connectivity index is 2.28. The van der Waals surface area contributed by atoms with Crippen LogP contribution in [0.4, 0.5) is 0 Å². The molecule has 0 bridgehead atoms. The highest BCUT2D eigenvalue weighted by Gasteiger charge is 2.29. The Labute approximate surface area is 141 Å². The quantitative estimate of drug-likeness (QED) is 0.726. The number of sulfonamides is 1. The van der Waals surface area contributed by atoms with Crippen LogP contribution in [0.3, 0.4) is 0 Å². The first-order valence-electron chi connectivity index (χ1n) is 7.36. The van der Waals surface area contributed by atoms with Gasteiger partial charge in [0, 0.05) is 19.7 Å². The minimum Gasteiger partial charge on any atom is -0.465 e. The van der Waals surface area contributed by atoms with Crippen LogP contribution in [0.5, 0.6) is 0 Å². The lowest BCUT2D eigenvalue weighted by molar-refractivity contribution is 0.0600. The molecule has 1 saturated heterocycles. The predicted octanol–water partition coefficient (Wildman–Crippen LogP) is 2.17. The van der Waals surface area contributed by atoms with E-state index in [2.05, 4.69) is 4.74 Å². The van der Waals surface area contributed by atoms with E-state index in [-0.39, 0.29) is 21.4 Å². The molecule has 6 nitrogen and oxygen atoms in total. The molecular formula is C15H20ClNO5S. The van der Waals surface area contributed by atoms with Crippen molar-refractivity contribution in [1.82, 2.24) is 4.31 Å². The topological polar surface area (TPSA) is 72.9 Å². The Morgan fingerprint density at radius 2 is 2.22 bits per heavy atom. The summed E-state index contributed by atoms with van der Waals surface area (Å²) in [4.78, 5) is 11.5. The van der Waals surface area contributed by atoms with Crippen LogP contribution in [0.1, 0.15) is 23.7 Å². The van der Waals surface area contributed by atoms with Crippen molar-refractivity contribution in [2.75, 3.05) is 33.4 Å². The molecule has 1 heterocycles. The van der Waals surface area contributed by atoms with Gasteiger partial charge in [0.25, 0.3) is 0 Å². The summed E-state index contributed by atoms with van der Waals surface area (Å²) in [5, 5.41) is 0.00835. The number of benzene rings is 1. The summed E-state index contributed by atoms with van der Waals surface area (Å²) in [6.07, 6.45) is 0.848. The minimum absolute atomic E-state index is 0.00687. The first-order valence-corrected chi connectivity index (χ1v) is 9.17. The third kappa shape index (κ3) is 4.03. The molecule has 1 fully saturated rings. The van der Waals surface area contributed by atoms with Gasteiger partial charge in [-0.3, -0.25) is 0 Å². The van der Waals surface area contributed by atoms with Crippen LogP contribution in [0.25, 0.3) is 0 Å². The predicted molar refractivity (Wildman–Crippen MR) is 86.2 cm³/mol. The lowest BCUT2D eigenvalue weighted by Gasteiger charge is -2.23. The molecule has 0 N–H and O–H groups in total. The van der Waals surface area contributed by atoms with E-state index in [1.54, 1.807) is 6.92 Å². The van der Waals surface area contributed by atoms with Crippen LogP contribution in [0.2, 0.25) is 5.02 Å². The van der Waals surface area contributed by atoms with Gasteiger partial charge in [0.05, 0.1) is 24.3 Å². The van der Waals surface area contributed by atoms with E-state index < -0.39 is 16.0 Å². The lowest BCUT2D eigenvalue weighted by Crippen LogP contribution is -2.35. The number of rotatable bonds is 6. The standard InChI is InChI=1S/C15H20ClNO5S/c1-3-17(9-11-6-7-22-10-11)23(19,20)14-5-4-12(8-13(14)16)15(18)21-2/h4-5,8,11H,3,6-7,9-10H2,1-2H3. The Bertz CT molecular complexity index is 670. The maximum Gasteiger partial charge on any atom is 0.337 e. The molecule has 1 aliphatic heterocycles. The van der Waals surface area contributed by atoms with Gasteiger partial charge < -0.3 is 9.47 Å². The molecule has 128 valence electrons. The van der Waals surface area contributed by atoms with Crippen molar-refractivity contribution in [3.8, 4) is 0 Å². The summed E-state index contributed by atoms with van der Waals surface area (Å²) in [5.41, 5.74) is 0.212. The van der Waals surface area contributed by atoms with Crippen LogP contribution in [-0.2, 0) is 19.5 Å². The Hall–Kier alpha value is -1.15. The molecule has 0 radical (unpaired) electrons. The molecule has 0 amide bonds. The second-order valence-corrected chi connectivity index (χ2v) is 7.64. The van der Waals surface area contributed by atoms with Gasteiger partial charge in [-0.2, -0.15) is 4.31 Å². The number of nitrogens with zero attached hydrogens (tertiary/aromatic N) is 1. The van der Waals surface area contributed by atoms with E-state index in [9.17, 15) is 13.2 Å². The second kappa shape index (κ2) is 7.61. The molecular weight excluding hydrogens is 342 g/mol. The fourth-order valence-corrected chi connectivity index (χ4v) is 4.55. The highest BCUT2D eigenvalue weighted by Crippen LogP contribution is 2.27. The molecule has 0 saturated carbocycles. The summed E-state index contributed by atoms with van der Waals surface area (Å²) in [6.45, 7) is 3.75. The largest absolute Gasteiger partial charge is 0.465 e. The molecule has 1 unspecified atom stereocenters. The molecule has 1 atom stereocenters. The third-order valence-corrected chi connectivity index (χ3v) is 6.23. The molecule has 8 heteroatoms. The van der Waals surface area contributed by atoms with Crippen molar-refractivity contribution in [3.05, 3.63) is 28.8 Å². The van der Waals surface area contributed by atoms with Gasteiger partial charge in [0.15, 0.2) is 0 Å². The monoisotopic (exact) mass is 361 g/mol. The molecule has 0 aromatic heterocycles. The Morgan fingerprint density at radius 1 is 1.48 bits per heavy atom. The first kappa shape index (κ1) is 18.2. The fourth-order valence-electron chi connectivity index (χ4n) is 2.51. The number of halogens is 1. The molecule has 0 aliphatic carbocycles. The zero-order valence-corrected chi connectivity index (χ0v) is 14.7. The third-order valence-electron chi connectivity index (χ3n) is 3.81. The summed E-state index contributed by atoms with van der Waals surface area (Å²) in [5.74, 6) is -0.371. The summed E-state index contributed by atoms with van der Waals surface area (Å²) in [7, 11) is -2.47. The van der Waals surface area contributed by atoms with Gasteiger partial charge in [-0.1, -0.05) is 18.5 Å². The fraction of sp³-hybridized carbons (Fsp3) is 0.533. The van der Waals surface area contributed by atoms with Crippen LogP contribution >= 0.6 is 11.6 Å². The maximum atomic E-state index is 12.8. The van der Waals surface area contributed by atoms with Crippen molar-refractivity contribution in [2.24, 2.45) is 5.92 Å². The van der Waals surface area contributed by atoms with Gasteiger partial charge in [-0.25, -0.2) is 13.2 Å². The second-order valence-electron chi connectivity index (χ2n) is 5.32.